The van der Waals surface area contributed by atoms with E-state index in [-0.39, 0.29) is 11.7 Å². The van der Waals surface area contributed by atoms with Crippen molar-refractivity contribution in [2.75, 3.05) is 23.9 Å². The summed E-state index contributed by atoms with van der Waals surface area (Å²) in [5, 5.41) is 10.9. The maximum Gasteiger partial charge on any atom is 0.294 e. The zero-order valence-electron chi connectivity index (χ0n) is 19.2. The van der Waals surface area contributed by atoms with Crippen LogP contribution >= 0.6 is 11.8 Å². The lowest BCUT2D eigenvalue weighted by molar-refractivity contribution is 0.101. The molecular weight excluding hydrogens is 446 g/mol. The van der Waals surface area contributed by atoms with Gasteiger partial charge in [-0.15, -0.1) is 10.2 Å². The van der Waals surface area contributed by atoms with Gasteiger partial charge in [-0.05, 0) is 71.9 Å². The number of anilines is 1. The average Bonchev–Trinajstić information content (AvgIpc) is 3.32. The molecule has 7 nitrogen and oxygen atoms in total. The normalized spacial score (nSPS) is 10.8. The van der Waals surface area contributed by atoms with Crippen molar-refractivity contribution in [1.82, 2.24) is 20.2 Å². The van der Waals surface area contributed by atoms with Crippen molar-refractivity contribution in [1.29, 1.82) is 0 Å². The Kier molecular flexibility index (Phi) is 7.93. The molecule has 0 spiro atoms. The van der Waals surface area contributed by atoms with Gasteiger partial charge in [0.25, 0.3) is 5.91 Å². The molecule has 4 aromatic rings. The monoisotopic (exact) mass is 473 g/mol. The number of benzene rings is 2. The topological polar surface area (TPSA) is 92.8 Å². The van der Waals surface area contributed by atoms with Gasteiger partial charge in [0.05, 0.1) is 6.61 Å². The predicted molar refractivity (Wildman–Crippen MR) is 136 cm³/mol. The Balaban J connectivity index is 1.44. The van der Waals surface area contributed by atoms with Crippen molar-refractivity contribution in [3.63, 3.8) is 0 Å². The largest absolute Gasteiger partial charge is 0.494 e. The molecule has 0 radical (unpaired) electrons. The second-order valence-electron chi connectivity index (χ2n) is 7.84. The number of aryl methyl sites for hydroxylation is 1. The molecule has 0 fully saturated rings. The summed E-state index contributed by atoms with van der Waals surface area (Å²) in [6, 6.07) is 19.7. The summed E-state index contributed by atoms with van der Waals surface area (Å²) in [4.78, 5) is 20.0. The summed E-state index contributed by atoms with van der Waals surface area (Å²) in [7, 11) is 0. The molecule has 0 bridgehead atoms. The van der Waals surface area contributed by atoms with E-state index in [0.29, 0.717) is 24.7 Å². The predicted octanol–water partition coefficient (Wildman–Crippen LogP) is 5.15. The molecule has 0 aliphatic carbocycles. The molecule has 34 heavy (non-hydrogen) atoms. The number of H-pyrrole nitrogens is 1. The standard InChI is InChI=1S/C26H27N5O2S/c1-18-9-10-21(33-13-6-14-34-2)17-22(18)20-11-12-27-23(16-20)29-26(32)25-28-24(30-31-25)15-19-7-4-3-5-8-19/h3-5,7-12,16-17H,6,13-15H2,1-2H3,(H,27,29,32)(H,28,30,31). The molecule has 8 heteroatoms. The van der Waals surface area contributed by atoms with E-state index in [1.807, 2.05) is 79.3 Å². The van der Waals surface area contributed by atoms with Gasteiger partial charge >= 0.3 is 0 Å². The quantitative estimate of drug-likeness (QED) is 0.310. The highest BCUT2D eigenvalue weighted by Gasteiger charge is 2.14. The number of pyridine rings is 1. The fourth-order valence-electron chi connectivity index (χ4n) is 3.51. The van der Waals surface area contributed by atoms with Crippen LogP contribution in [-0.2, 0) is 6.42 Å². The zero-order chi connectivity index (χ0) is 23.8. The van der Waals surface area contributed by atoms with Crippen molar-refractivity contribution in [3.05, 3.63) is 89.6 Å². The van der Waals surface area contributed by atoms with Gasteiger partial charge in [0.15, 0.2) is 0 Å². The highest BCUT2D eigenvalue weighted by Crippen LogP contribution is 2.29. The molecule has 2 N–H and O–H groups in total. The summed E-state index contributed by atoms with van der Waals surface area (Å²) in [6.45, 7) is 2.73. The Hall–Kier alpha value is -3.65. The molecular formula is C26H27N5O2S. The van der Waals surface area contributed by atoms with Gasteiger partial charge in [-0.2, -0.15) is 11.8 Å². The lowest BCUT2D eigenvalue weighted by atomic mass is 10.0. The Morgan fingerprint density at radius 1 is 1.09 bits per heavy atom. The number of aromatic amines is 1. The maximum atomic E-state index is 12.7. The second kappa shape index (κ2) is 11.5. The molecule has 1 amide bonds. The van der Waals surface area contributed by atoms with Gasteiger partial charge in [0, 0.05) is 12.6 Å². The first-order chi connectivity index (χ1) is 16.6. The minimum atomic E-state index is -0.390. The van der Waals surface area contributed by atoms with Crippen molar-refractivity contribution in [2.45, 2.75) is 19.8 Å². The minimum Gasteiger partial charge on any atom is -0.494 e. The van der Waals surface area contributed by atoms with Crippen molar-refractivity contribution >= 4 is 23.5 Å². The van der Waals surface area contributed by atoms with Gasteiger partial charge in [-0.3, -0.25) is 4.79 Å². The second-order valence-corrected chi connectivity index (χ2v) is 8.82. The van der Waals surface area contributed by atoms with E-state index in [0.717, 1.165) is 40.2 Å². The smallest absolute Gasteiger partial charge is 0.294 e. The third-order valence-corrected chi connectivity index (χ3v) is 5.94. The van der Waals surface area contributed by atoms with Crippen LogP contribution in [0.3, 0.4) is 0 Å². The van der Waals surface area contributed by atoms with Crippen LogP contribution in [0.4, 0.5) is 5.82 Å². The Labute approximate surface area is 203 Å². The van der Waals surface area contributed by atoms with Gasteiger partial charge in [0.2, 0.25) is 5.82 Å². The summed E-state index contributed by atoms with van der Waals surface area (Å²) in [5.41, 5.74) is 4.18. The number of hydrogen-bond acceptors (Lipinski definition) is 6. The molecule has 0 aliphatic rings. The van der Waals surface area contributed by atoms with Gasteiger partial charge < -0.3 is 15.0 Å². The SMILES string of the molecule is CSCCCOc1ccc(C)c(-c2ccnc(NC(=O)c3nnc(Cc4ccccc4)[nH]3)c2)c1. The summed E-state index contributed by atoms with van der Waals surface area (Å²) >= 11 is 1.81. The zero-order valence-corrected chi connectivity index (χ0v) is 20.1. The van der Waals surface area contributed by atoms with Crippen LogP contribution in [0.5, 0.6) is 5.75 Å². The molecule has 2 heterocycles. The number of rotatable bonds is 10. The van der Waals surface area contributed by atoms with Crippen molar-refractivity contribution in [3.8, 4) is 16.9 Å². The van der Waals surface area contributed by atoms with E-state index in [2.05, 4.69) is 31.7 Å². The molecule has 2 aromatic heterocycles. The molecule has 174 valence electrons. The van der Waals surface area contributed by atoms with E-state index < -0.39 is 0 Å². The third-order valence-electron chi connectivity index (χ3n) is 5.25. The third kappa shape index (κ3) is 6.23. The summed E-state index contributed by atoms with van der Waals surface area (Å²) in [5.74, 6) is 2.73. The van der Waals surface area contributed by atoms with Gasteiger partial charge in [-0.25, -0.2) is 4.98 Å². The number of amides is 1. The fraction of sp³-hybridized carbons (Fsp3) is 0.231. The van der Waals surface area contributed by atoms with Crippen molar-refractivity contribution < 1.29 is 9.53 Å². The van der Waals surface area contributed by atoms with E-state index in [4.69, 9.17) is 4.74 Å². The van der Waals surface area contributed by atoms with Crippen LogP contribution in [0.25, 0.3) is 11.1 Å². The highest BCUT2D eigenvalue weighted by atomic mass is 32.2. The number of carbonyl (C=O) groups is 1. The number of thioether (sulfide) groups is 1. The van der Waals surface area contributed by atoms with Crippen LogP contribution in [0.1, 0.15) is 34.0 Å². The molecule has 0 saturated carbocycles. The fourth-order valence-corrected chi connectivity index (χ4v) is 3.91. The average molecular weight is 474 g/mol. The highest BCUT2D eigenvalue weighted by molar-refractivity contribution is 7.98. The number of hydrogen-bond donors (Lipinski definition) is 2. The molecule has 4 rings (SSSR count). The maximum absolute atomic E-state index is 12.7. The Morgan fingerprint density at radius 2 is 1.94 bits per heavy atom. The van der Waals surface area contributed by atoms with Crippen LogP contribution in [0.15, 0.2) is 66.9 Å². The molecule has 0 aliphatic heterocycles. The van der Waals surface area contributed by atoms with Crippen LogP contribution in [-0.4, -0.2) is 44.7 Å². The number of ether oxygens (including phenoxy) is 1. The van der Waals surface area contributed by atoms with Crippen LogP contribution in [0.2, 0.25) is 0 Å². The van der Waals surface area contributed by atoms with E-state index >= 15 is 0 Å². The Morgan fingerprint density at radius 3 is 2.76 bits per heavy atom. The Bertz CT molecular complexity index is 1240. The molecule has 2 aromatic carbocycles. The van der Waals surface area contributed by atoms with E-state index in [1.54, 1.807) is 6.20 Å². The minimum absolute atomic E-state index is 0.148. The van der Waals surface area contributed by atoms with Gasteiger partial charge in [-0.1, -0.05) is 36.4 Å². The number of nitrogens with zero attached hydrogens (tertiary/aromatic N) is 3. The van der Waals surface area contributed by atoms with Crippen LogP contribution < -0.4 is 10.1 Å². The molecule has 0 saturated heterocycles. The molecule has 0 unspecified atom stereocenters. The molecule has 0 atom stereocenters. The number of nitrogens with one attached hydrogen (secondary N) is 2. The first-order valence-electron chi connectivity index (χ1n) is 11.1. The van der Waals surface area contributed by atoms with Gasteiger partial charge in [0.1, 0.15) is 17.4 Å². The first-order valence-corrected chi connectivity index (χ1v) is 12.5. The number of aromatic nitrogens is 4. The van der Waals surface area contributed by atoms with E-state index in [1.165, 1.54) is 0 Å². The number of carbonyl (C=O) groups excluding carboxylic acids is 1. The van der Waals surface area contributed by atoms with E-state index in [9.17, 15) is 4.79 Å². The van der Waals surface area contributed by atoms with Crippen molar-refractivity contribution in [2.24, 2.45) is 0 Å². The lowest BCUT2D eigenvalue weighted by Gasteiger charge is -2.12. The van der Waals surface area contributed by atoms with Crippen LogP contribution in [0, 0.1) is 6.92 Å². The first kappa shape index (κ1) is 23.5. The summed E-state index contributed by atoms with van der Waals surface area (Å²) in [6.07, 6.45) is 5.35. The summed E-state index contributed by atoms with van der Waals surface area (Å²) < 4.78 is 5.90. The lowest BCUT2D eigenvalue weighted by Crippen LogP contribution is -2.14.